The topological polar surface area (TPSA) is 95.7 Å². The highest BCUT2D eigenvalue weighted by Crippen LogP contribution is 2.29. The molecule has 2 aromatic heterocycles. The zero-order valence-corrected chi connectivity index (χ0v) is 17.5. The highest BCUT2D eigenvalue weighted by molar-refractivity contribution is 7.98. The molecule has 4 rings (SSSR count). The average molecular weight is 427 g/mol. The summed E-state index contributed by atoms with van der Waals surface area (Å²) < 4.78 is 6.78. The Morgan fingerprint density at radius 3 is 2.59 bits per heavy atom. The molecular formula is C20H19ClN6OS. The summed E-state index contributed by atoms with van der Waals surface area (Å²) in [4.78, 5) is 4.46. The Balaban J connectivity index is 1.46. The van der Waals surface area contributed by atoms with Gasteiger partial charge in [0.1, 0.15) is 0 Å². The molecule has 0 radical (unpaired) electrons. The number of nitrogens with two attached hydrogens (primary N) is 1. The molecule has 2 heterocycles. The molecule has 0 atom stereocenters. The molecule has 0 amide bonds. The van der Waals surface area contributed by atoms with Crippen LogP contribution in [0.4, 0.5) is 0 Å². The van der Waals surface area contributed by atoms with E-state index >= 15 is 0 Å². The fourth-order valence-electron chi connectivity index (χ4n) is 2.78. The van der Waals surface area contributed by atoms with Crippen molar-refractivity contribution in [1.29, 1.82) is 0 Å². The van der Waals surface area contributed by atoms with Crippen LogP contribution in [-0.4, -0.2) is 25.0 Å². The largest absolute Gasteiger partial charge is 0.338 e. The van der Waals surface area contributed by atoms with Crippen molar-refractivity contribution in [3.8, 4) is 22.8 Å². The van der Waals surface area contributed by atoms with Crippen molar-refractivity contribution >= 4 is 23.4 Å². The summed E-state index contributed by atoms with van der Waals surface area (Å²) >= 11 is 7.59. The summed E-state index contributed by atoms with van der Waals surface area (Å²) in [7, 11) is 0. The first-order valence-corrected chi connectivity index (χ1v) is 10.4. The first-order chi connectivity index (χ1) is 14.0. The Kier molecular flexibility index (Phi) is 5.55. The molecule has 0 aliphatic carbocycles. The van der Waals surface area contributed by atoms with Gasteiger partial charge in [0.2, 0.25) is 16.9 Å². The zero-order valence-electron chi connectivity index (χ0n) is 15.9. The van der Waals surface area contributed by atoms with E-state index in [1.54, 1.807) is 6.07 Å². The number of nitrogen functional groups attached to an aromatic ring is 1. The highest BCUT2D eigenvalue weighted by Gasteiger charge is 2.16. The van der Waals surface area contributed by atoms with Crippen molar-refractivity contribution in [3.63, 3.8) is 0 Å². The predicted octanol–water partition coefficient (Wildman–Crippen LogP) is 4.78. The standard InChI is InChI=1S/C20H19ClN6OS/c1-12(2)13-7-9-14(10-8-13)18-23-17(28-26-18)11-29-20-25-24-19(27(20)22)15-5-3-4-6-16(15)21/h3-10,12H,11,22H2,1-2H3. The third-order valence-electron chi connectivity index (χ3n) is 4.41. The van der Waals surface area contributed by atoms with Crippen LogP contribution in [-0.2, 0) is 5.75 Å². The second-order valence-corrected chi connectivity index (χ2v) is 8.08. The van der Waals surface area contributed by atoms with Crippen LogP contribution in [0.1, 0.15) is 31.2 Å². The minimum absolute atomic E-state index is 0.426. The molecule has 0 bridgehead atoms. The lowest BCUT2D eigenvalue weighted by molar-refractivity contribution is 0.391. The van der Waals surface area contributed by atoms with E-state index in [9.17, 15) is 0 Å². The van der Waals surface area contributed by atoms with E-state index in [-0.39, 0.29) is 0 Å². The van der Waals surface area contributed by atoms with Gasteiger partial charge in [0.05, 0.1) is 10.8 Å². The summed E-state index contributed by atoms with van der Waals surface area (Å²) in [5.74, 6) is 8.59. The predicted molar refractivity (Wildman–Crippen MR) is 114 cm³/mol. The van der Waals surface area contributed by atoms with Gasteiger partial charge in [0.25, 0.3) is 0 Å². The quantitative estimate of drug-likeness (QED) is 0.350. The van der Waals surface area contributed by atoms with E-state index in [0.29, 0.717) is 39.4 Å². The lowest BCUT2D eigenvalue weighted by Gasteiger charge is -2.04. The molecule has 9 heteroatoms. The normalized spacial score (nSPS) is 11.3. The van der Waals surface area contributed by atoms with E-state index in [0.717, 1.165) is 11.1 Å². The molecule has 0 saturated heterocycles. The van der Waals surface area contributed by atoms with Crippen LogP contribution in [0.25, 0.3) is 22.8 Å². The average Bonchev–Trinajstić information content (AvgIpc) is 3.34. The maximum atomic E-state index is 6.22. The Labute approximate surface area is 177 Å². The van der Waals surface area contributed by atoms with Crippen LogP contribution in [0.3, 0.4) is 0 Å². The Morgan fingerprint density at radius 1 is 1.10 bits per heavy atom. The van der Waals surface area contributed by atoms with Crippen LogP contribution in [0, 0.1) is 0 Å². The Morgan fingerprint density at radius 2 is 1.86 bits per heavy atom. The summed E-state index contributed by atoms with van der Waals surface area (Å²) in [6.45, 7) is 4.32. The molecule has 7 nitrogen and oxygen atoms in total. The molecule has 148 valence electrons. The van der Waals surface area contributed by atoms with Crippen LogP contribution in [0.15, 0.2) is 58.2 Å². The number of hydrogen-bond donors (Lipinski definition) is 1. The maximum absolute atomic E-state index is 6.22. The molecule has 0 aliphatic heterocycles. The summed E-state index contributed by atoms with van der Waals surface area (Å²) in [6, 6.07) is 15.5. The second kappa shape index (κ2) is 8.26. The van der Waals surface area contributed by atoms with E-state index in [2.05, 4.69) is 46.3 Å². The molecule has 0 saturated carbocycles. The SMILES string of the molecule is CC(C)c1ccc(-c2noc(CSc3nnc(-c4ccccc4Cl)n3N)n2)cc1. The number of halogens is 1. The van der Waals surface area contributed by atoms with Crippen LogP contribution in [0.5, 0.6) is 0 Å². The number of aromatic nitrogens is 5. The van der Waals surface area contributed by atoms with Gasteiger partial charge in [-0.3, -0.25) is 0 Å². The monoisotopic (exact) mass is 426 g/mol. The molecule has 4 aromatic rings. The van der Waals surface area contributed by atoms with Crippen molar-refractivity contribution in [2.45, 2.75) is 30.7 Å². The number of rotatable bonds is 6. The highest BCUT2D eigenvalue weighted by atomic mass is 35.5. The van der Waals surface area contributed by atoms with Crippen LogP contribution in [0.2, 0.25) is 5.02 Å². The van der Waals surface area contributed by atoms with Crippen molar-refractivity contribution in [2.75, 3.05) is 5.84 Å². The smallest absolute Gasteiger partial charge is 0.237 e. The second-order valence-electron chi connectivity index (χ2n) is 6.73. The van der Waals surface area contributed by atoms with Gasteiger partial charge in [-0.2, -0.15) is 4.98 Å². The van der Waals surface area contributed by atoms with E-state index in [1.807, 2.05) is 30.3 Å². The van der Waals surface area contributed by atoms with Crippen LogP contribution >= 0.6 is 23.4 Å². The lowest BCUT2D eigenvalue weighted by atomic mass is 10.0. The molecule has 2 N–H and O–H groups in total. The van der Waals surface area contributed by atoms with Crippen molar-refractivity contribution in [1.82, 2.24) is 25.0 Å². The molecular weight excluding hydrogens is 408 g/mol. The van der Waals surface area contributed by atoms with E-state index in [1.165, 1.54) is 22.0 Å². The third kappa shape index (κ3) is 4.13. The van der Waals surface area contributed by atoms with Gasteiger partial charge in [-0.25, -0.2) is 4.68 Å². The van der Waals surface area contributed by atoms with Gasteiger partial charge < -0.3 is 10.4 Å². The summed E-state index contributed by atoms with van der Waals surface area (Å²) in [5.41, 5.74) is 2.91. The minimum atomic E-state index is 0.426. The van der Waals surface area contributed by atoms with Crippen molar-refractivity contribution in [3.05, 3.63) is 65.0 Å². The molecule has 0 unspecified atom stereocenters. The molecule has 0 fully saturated rings. The maximum Gasteiger partial charge on any atom is 0.237 e. The number of thioether (sulfide) groups is 1. The van der Waals surface area contributed by atoms with Gasteiger partial charge in [-0.1, -0.05) is 78.8 Å². The number of benzene rings is 2. The van der Waals surface area contributed by atoms with Crippen molar-refractivity contribution < 1.29 is 4.52 Å². The Bertz CT molecular complexity index is 1120. The number of nitrogens with zero attached hydrogens (tertiary/aromatic N) is 5. The van der Waals surface area contributed by atoms with Gasteiger partial charge in [-0.15, -0.1) is 10.2 Å². The van der Waals surface area contributed by atoms with Crippen LogP contribution < -0.4 is 5.84 Å². The lowest BCUT2D eigenvalue weighted by Crippen LogP contribution is -2.11. The number of hydrogen-bond acceptors (Lipinski definition) is 7. The zero-order chi connectivity index (χ0) is 20.4. The summed E-state index contributed by atoms with van der Waals surface area (Å²) in [5, 5.41) is 13.5. The van der Waals surface area contributed by atoms with E-state index < -0.39 is 0 Å². The van der Waals surface area contributed by atoms with E-state index in [4.69, 9.17) is 22.0 Å². The van der Waals surface area contributed by atoms with Gasteiger partial charge in [0.15, 0.2) is 5.82 Å². The molecule has 0 spiro atoms. The summed E-state index contributed by atoms with van der Waals surface area (Å²) in [6.07, 6.45) is 0. The molecule has 2 aromatic carbocycles. The first kappa shape index (κ1) is 19.5. The fourth-order valence-corrected chi connectivity index (χ4v) is 3.69. The van der Waals surface area contributed by atoms with Gasteiger partial charge >= 0.3 is 0 Å². The third-order valence-corrected chi connectivity index (χ3v) is 5.67. The molecule has 29 heavy (non-hydrogen) atoms. The Hall–Kier alpha value is -2.84. The minimum Gasteiger partial charge on any atom is -0.338 e. The van der Waals surface area contributed by atoms with Crippen molar-refractivity contribution in [2.24, 2.45) is 0 Å². The first-order valence-electron chi connectivity index (χ1n) is 9.04. The fraction of sp³-hybridized carbons (Fsp3) is 0.200. The van der Waals surface area contributed by atoms with Gasteiger partial charge in [0, 0.05) is 11.1 Å². The molecule has 0 aliphatic rings. The van der Waals surface area contributed by atoms with Gasteiger partial charge in [-0.05, 0) is 23.6 Å².